The van der Waals surface area contributed by atoms with Crippen LogP contribution in [-0.4, -0.2) is 33.2 Å². The number of aryl methyl sites for hydroxylation is 2. The topological polar surface area (TPSA) is 120 Å². The first-order valence-corrected chi connectivity index (χ1v) is 11.8. The molecule has 0 aliphatic heterocycles. The Morgan fingerprint density at radius 1 is 1.06 bits per heavy atom. The Bertz CT molecular complexity index is 1140. The van der Waals surface area contributed by atoms with Crippen molar-refractivity contribution in [1.29, 1.82) is 0 Å². The van der Waals surface area contributed by atoms with E-state index in [4.69, 9.17) is 5.73 Å². The van der Waals surface area contributed by atoms with E-state index in [1.165, 1.54) is 0 Å². The maximum absolute atomic E-state index is 12.5. The summed E-state index contributed by atoms with van der Waals surface area (Å²) in [6.07, 6.45) is 1.94. The van der Waals surface area contributed by atoms with Gasteiger partial charge in [0, 0.05) is 30.4 Å². The second-order valence-corrected chi connectivity index (χ2v) is 9.83. The Labute approximate surface area is 207 Å². The van der Waals surface area contributed by atoms with E-state index in [0.29, 0.717) is 36.6 Å². The summed E-state index contributed by atoms with van der Waals surface area (Å²) in [5.74, 6) is 0.669. The van der Waals surface area contributed by atoms with Gasteiger partial charge in [0.1, 0.15) is 11.6 Å². The molecule has 1 amide bonds. The van der Waals surface area contributed by atoms with Crippen molar-refractivity contribution in [2.75, 3.05) is 12.3 Å². The van der Waals surface area contributed by atoms with Crippen LogP contribution in [0.3, 0.4) is 0 Å². The molecular weight excluding hydrogens is 440 g/mol. The zero-order valence-electron chi connectivity index (χ0n) is 20.9. The number of amides is 1. The summed E-state index contributed by atoms with van der Waals surface area (Å²) >= 11 is 0. The fraction of sp³-hybridized carbons (Fsp3) is 0.357. The van der Waals surface area contributed by atoms with Crippen molar-refractivity contribution in [3.8, 4) is 5.75 Å². The largest absolute Gasteiger partial charge is 0.507 e. The number of benzene rings is 2. The van der Waals surface area contributed by atoms with Crippen LogP contribution in [0, 0.1) is 13.8 Å². The average molecular weight is 477 g/mol. The quantitative estimate of drug-likeness (QED) is 0.306. The molecule has 0 aliphatic rings. The third-order valence-corrected chi connectivity index (χ3v) is 6.01. The number of hydrogen-bond donors (Lipinski definition) is 5. The Hall–Kier alpha value is -3.42. The fourth-order valence-corrected chi connectivity index (χ4v) is 4.12. The standard InChI is InChI=1S/C28H36N4O3/c1-18-10-22(11-19(2)27(18)35)15-31-26(34)13-20-6-5-7-21(12-20)14-28(3,4)32-17-24(33)23-8-9-25(29)30-16-23/h5-12,16,24,32-33,35H,13-15,17H2,1-4H3,(H2,29,30)(H,31,34)/t24-/m1/s1. The van der Waals surface area contributed by atoms with Gasteiger partial charge in [-0.25, -0.2) is 4.98 Å². The van der Waals surface area contributed by atoms with E-state index < -0.39 is 6.10 Å². The van der Waals surface area contributed by atoms with Gasteiger partial charge in [-0.3, -0.25) is 4.79 Å². The van der Waals surface area contributed by atoms with Crippen molar-refractivity contribution in [2.24, 2.45) is 0 Å². The van der Waals surface area contributed by atoms with Gasteiger partial charge in [-0.1, -0.05) is 42.5 Å². The minimum Gasteiger partial charge on any atom is -0.507 e. The molecule has 0 unspecified atom stereocenters. The molecule has 0 saturated heterocycles. The first-order valence-electron chi connectivity index (χ1n) is 11.8. The molecule has 2 aromatic carbocycles. The number of anilines is 1. The molecule has 6 N–H and O–H groups in total. The zero-order valence-corrected chi connectivity index (χ0v) is 20.9. The maximum Gasteiger partial charge on any atom is 0.224 e. The number of hydrogen-bond acceptors (Lipinski definition) is 6. The Kier molecular flexibility index (Phi) is 8.48. The highest BCUT2D eigenvalue weighted by molar-refractivity contribution is 5.78. The number of aliphatic hydroxyl groups is 1. The van der Waals surface area contributed by atoms with Crippen LogP contribution in [-0.2, 0) is 24.2 Å². The second-order valence-electron chi connectivity index (χ2n) is 9.83. The summed E-state index contributed by atoms with van der Waals surface area (Å²) in [7, 11) is 0. The number of nitrogen functional groups attached to an aromatic ring is 1. The predicted octanol–water partition coefficient (Wildman–Crippen LogP) is 3.49. The first-order chi connectivity index (χ1) is 16.5. The number of rotatable bonds is 10. The fourth-order valence-electron chi connectivity index (χ4n) is 4.12. The molecule has 186 valence electrons. The number of aromatic nitrogens is 1. The lowest BCUT2D eigenvalue weighted by molar-refractivity contribution is -0.120. The molecule has 0 bridgehead atoms. The van der Waals surface area contributed by atoms with E-state index in [1.54, 1.807) is 18.3 Å². The van der Waals surface area contributed by atoms with E-state index in [0.717, 1.165) is 34.2 Å². The van der Waals surface area contributed by atoms with Gasteiger partial charge in [-0.2, -0.15) is 0 Å². The van der Waals surface area contributed by atoms with Crippen molar-refractivity contribution in [3.63, 3.8) is 0 Å². The Balaban J connectivity index is 1.52. The van der Waals surface area contributed by atoms with Crippen LogP contribution >= 0.6 is 0 Å². The average Bonchev–Trinajstić information content (AvgIpc) is 2.80. The SMILES string of the molecule is Cc1cc(CNC(=O)Cc2cccc(CC(C)(C)NC[C@@H](O)c3ccc(N)nc3)c2)cc(C)c1O. The molecule has 0 aliphatic carbocycles. The normalized spacial score (nSPS) is 12.4. The number of aromatic hydroxyl groups is 1. The van der Waals surface area contributed by atoms with Crippen molar-refractivity contribution in [2.45, 2.75) is 58.7 Å². The van der Waals surface area contributed by atoms with Crippen LogP contribution < -0.4 is 16.4 Å². The van der Waals surface area contributed by atoms with Gasteiger partial charge >= 0.3 is 0 Å². The number of phenols is 1. The lowest BCUT2D eigenvalue weighted by Gasteiger charge is -2.28. The molecule has 1 aromatic heterocycles. The molecule has 35 heavy (non-hydrogen) atoms. The van der Waals surface area contributed by atoms with Gasteiger partial charge in [0.25, 0.3) is 0 Å². The molecule has 0 fully saturated rings. The summed E-state index contributed by atoms with van der Waals surface area (Å²) in [5, 5.41) is 26.8. The number of β-amino-alcohol motifs (C(OH)–C–C–N with tert-alkyl or cyclic N) is 1. The van der Waals surface area contributed by atoms with E-state index >= 15 is 0 Å². The summed E-state index contributed by atoms with van der Waals surface area (Å²) < 4.78 is 0. The third-order valence-electron chi connectivity index (χ3n) is 6.01. The number of carbonyl (C=O) groups excluding carboxylic acids is 1. The van der Waals surface area contributed by atoms with Crippen molar-refractivity contribution < 1.29 is 15.0 Å². The summed E-state index contributed by atoms with van der Waals surface area (Å²) in [6.45, 7) is 8.68. The van der Waals surface area contributed by atoms with Crippen LogP contribution in [0.15, 0.2) is 54.7 Å². The van der Waals surface area contributed by atoms with Crippen molar-refractivity contribution in [3.05, 3.63) is 88.1 Å². The summed E-state index contributed by atoms with van der Waals surface area (Å²) in [5.41, 5.74) is 10.7. The highest BCUT2D eigenvalue weighted by Gasteiger charge is 2.20. The van der Waals surface area contributed by atoms with Crippen LogP contribution in [0.25, 0.3) is 0 Å². The molecule has 0 radical (unpaired) electrons. The van der Waals surface area contributed by atoms with Crippen LogP contribution in [0.5, 0.6) is 5.75 Å². The van der Waals surface area contributed by atoms with Crippen molar-refractivity contribution in [1.82, 2.24) is 15.6 Å². The highest BCUT2D eigenvalue weighted by atomic mass is 16.3. The number of carbonyl (C=O) groups is 1. The van der Waals surface area contributed by atoms with Gasteiger partial charge in [-0.15, -0.1) is 0 Å². The zero-order chi connectivity index (χ0) is 25.6. The molecule has 7 heteroatoms. The molecule has 0 saturated carbocycles. The van der Waals surface area contributed by atoms with E-state index in [1.807, 2.05) is 44.2 Å². The van der Waals surface area contributed by atoms with E-state index in [9.17, 15) is 15.0 Å². The van der Waals surface area contributed by atoms with Gasteiger partial charge < -0.3 is 26.6 Å². The highest BCUT2D eigenvalue weighted by Crippen LogP contribution is 2.23. The molecule has 3 aromatic rings. The Morgan fingerprint density at radius 3 is 2.40 bits per heavy atom. The van der Waals surface area contributed by atoms with E-state index in [2.05, 4.69) is 35.5 Å². The minimum atomic E-state index is -0.682. The monoisotopic (exact) mass is 476 g/mol. The van der Waals surface area contributed by atoms with E-state index in [-0.39, 0.29) is 11.4 Å². The molecule has 0 spiro atoms. The molecule has 7 nitrogen and oxygen atoms in total. The first kappa shape index (κ1) is 26.2. The molecule has 1 heterocycles. The molecular formula is C28H36N4O3. The number of phenolic OH excluding ortho intramolecular Hbond substituents is 1. The summed E-state index contributed by atoms with van der Waals surface area (Å²) in [6, 6.07) is 15.3. The number of pyridine rings is 1. The lowest BCUT2D eigenvalue weighted by Crippen LogP contribution is -2.43. The van der Waals surface area contributed by atoms with Gasteiger partial charge in [0.05, 0.1) is 12.5 Å². The van der Waals surface area contributed by atoms with Crippen LogP contribution in [0.2, 0.25) is 0 Å². The maximum atomic E-state index is 12.5. The number of nitrogens with two attached hydrogens (primary N) is 1. The van der Waals surface area contributed by atoms with Crippen LogP contribution in [0.1, 0.15) is 53.3 Å². The van der Waals surface area contributed by atoms with Crippen LogP contribution in [0.4, 0.5) is 5.82 Å². The van der Waals surface area contributed by atoms with Gasteiger partial charge in [-0.05, 0) is 68.0 Å². The summed E-state index contributed by atoms with van der Waals surface area (Å²) in [4.78, 5) is 16.6. The lowest BCUT2D eigenvalue weighted by atomic mass is 9.93. The van der Waals surface area contributed by atoms with Gasteiger partial charge in [0.15, 0.2) is 0 Å². The molecule has 1 atom stereocenters. The minimum absolute atomic E-state index is 0.0526. The smallest absolute Gasteiger partial charge is 0.224 e. The molecule has 3 rings (SSSR count). The second kappa shape index (κ2) is 11.3. The Morgan fingerprint density at radius 2 is 1.74 bits per heavy atom. The number of nitrogens with zero attached hydrogens (tertiary/aromatic N) is 1. The third kappa shape index (κ3) is 7.80. The van der Waals surface area contributed by atoms with Crippen molar-refractivity contribution >= 4 is 11.7 Å². The predicted molar refractivity (Wildman–Crippen MR) is 139 cm³/mol. The van der Waals surface area contributed by atoms with Gasteiger partial charge in [0.2, 0.25) is 5.91 Å². The number of nitrogens with one attached hydrogen (secondary N) is 2. The number of aliphatic hydroxyl groups excluding tert-OH is 1.